The van der Waals surface area contributed by atoms with E-state index in [1.165, 1.54) is 22.1 Å². The van der Waals surface area contributed by atoms with Crippen molar-refractivity contribution in [2.45, 2.75) is 34.6 Å². The van der Waals surface area contributed by atoms with Gasteiger partial charge < -0.3 is 5.11 Å². The van der Waals surface area contributed by atoms with E-state index in [0.717, 1.165) is 16.5 Å². The molecule has 0 fully saturated rings. The van der Waals surface area contributed by atoms with Crippen LogP contribution in [0.2, 0.25) is 5.02 Å². The first kappa shape index (κ1) is 23.9. The van der Waals surface area contributed by atoms with Gasteiger partial charge in [0.05, 0.1) is 10.6 Å². The Kier molecular flexibility index (Phi) is 7.66. The molecule has 3 rings (SSSR count). The quantitative estimate of drug-likeness (QED) is 0.383. The molecule has 0 aliphatic heterocycles. The molecule has 0 aromatic heterocycles. The lowest BCUT2D eigenvalue weighted by Gasteiger charge is -2.30. The van der Waals surface area contributed by atoms with Gasteiger partial charge in [0.25, 0.3) is 10.0 Å². The van der Waals surface area contributed by atoms with E-state index in [1.807, 2.05) is 32.0 Å². The number of sulfonamides is 1. The molecule has 5 nitrogen and oxygen atoms in total. The molecule has 1 N–H and O–H groups in total. The molecule has 166 valence electrons. The fourth-order valence-electron chi connectivity index (χ4n) is 3.12. The number of hydrogen-bond donors (Lipinski definition) is 1. The normalized spacial score (nSPS) is 11.8. The summed E-state index contributed by atoms with van der Waals surface area (Å²) in [6, 6.07) is 20.4. The highest BCUT2D eigenvalue weighted by Crippen LogP contribution is 2.40. The Morgan fingerprint density at radius 2 is 1.75 bits per heavy atom. The van der Waals surface area contributed by atoms with Gasteiger partial charge in [0, 0.05) is 26.9 Å². The number of benzene rings is 3. The molecule has 3 aromatic rings. The number of halogens is 1. The van der Waals surface area contributed by atoms with Crippen LogP contribution < -0.4 is 4.31 Å². The first-order chi connectivity index (χ1) is 15.2. The van der Waals surface area contributed by atoms with E-state index in [-0.39, 0.29) is 10.9 Å². The monoisotopic (exact) mass is 487 g/mol. The van der Waals surface area contributed by atoms with Gasteiger partial charge in [-0.25, -0.2) is 13.2 Å². The number of carbonyl (C=O) groups is 1. The van der Waals surface area contributed by atoms with Crippen LogP contribution in [0.15, 0.2) is 93.6 Å². The lowest BCUT2D eigenvalue weighted by molar-refractivity contribution is -0.131. The SMILES string of the molecule is CC(C)N(c1ccc(Cl)cc1Sc1cccc(/C=C/C(=O)O)c1)S(=O)(=O)c1ccccc1. The third-order valence-electron chi connectivity index (χ3n) is 4.43. The zero-order chi connectivity index (χ0) is 23.3. The molecule has 0 amide bonds. The van der Waals surface area contributed by atoms with Crippen LogP contribution in [0.1, 0.15) is 19.4 Å². The lowest BCUT2D eigenvalue weighted by Crippen LogP contribution is -2.37. The molecule has 0 bridgehead atoms. The number of aliphatic carboxylic acids is 1. The fraction of sp³-hybridized carbons (Fsp3) is 0.125. The highest BCUT2D eigenvalue weighted by atomic mass is 35.5. The summed E-state index contributed by atoms with van der Waals surface area (Å²) in [5.41, 5.74) is 1.24. The Morgan fingerprint density at radius 1 is 1.03 bits per heavy atom. The van der Waals surface area contributed by atoms with Gasteiger partial charge in [0.2, 0.25) is 0 Å². The van der Waals surface area contributed by atoms with Gasteiger partial charge in [-0.15, -0.1) is 0 Å². The minimum absolute atomic E-state index is 0.209. The largest absolute Gasteiger partial charge is 0.478 e. The molecule has 32 heavy (non-hydrogen) atoms. The number of carboxylic acid groups (broad SMARTS) is 1. The maximum absolute atomic E-state index is 13.5. The van der Waals surface area contributed by atoms with E-state index < -0.39 is 16.0 Å². The Balaban J connectivity index is 2.06. The van der Waals surface area contributed by atoms with Crippen molar-refractivity contribution < 1.29 is 18.3 Å². The van der Waals surface area contributed by atoms with Crippen LogP contribution in [0.4, 0.5) is 5.69 Å². The van der Waals surface area contributed by atoms with Gasteiger partial charge >= 0.3 is 5.97 Å². The maximum Gasteiger partial charge on any atom is 0.328 e. The summed E-state index contributed by atoms with van der Waals surface area (Å²) in [5, 5.41) is 9.35. The number of nitrogens with zero attached hydrogens (tertiary/aromatic N) is 1. The highest BCUT2D eigenvalue weighted by Gasteiger charge is 2.29. The predicted octanol–water partition coefficient (Wildman–Crippen LogP) is 6.19. The van der Waals surface area contributed by atoms with Gasteiger partial charge in [0.1, 0.15) is 0 Å². The van der Waals surface area contributed by atoms with Gasteiger partial charge in [-0.05, 0) is 68.0 Å². The molecule has 0 spiro atoms. The van der Waals surface area contributed by atoms with Crippen molar-refractivity contribution in [2.24, 2.45) is 0 Å². The van der Waals surface area contributed by atoms with E-state index in [4.69, 9.17) is 16.7 Å². The Morgan fingerprint density at radius 3 is 2.41 bits per heavy atom. The zero-order valence-electron chi connectivity index (χ0n) is 17.5. The highest BCUT2D eigenvalue weighted by molar-refractivity contribution is 7.99. The third kappa shape index (κ3) is 5.73. The van der Waals surface area contributed by atoms with E-state index in [2.05, 4.69) is 0 Å². The number of rotatable bonds is 8. The summed E-state index contributed by atoms with van der Waals surface area (Å²) in [6.07, 6.45) is 2.58. The van der Waals surface area contributed by atoms with Gasteiger partial charge in [0.15, 0.2) is 0 Å². The summed E-state index contributed by atoms with van der Waals surface area (Å²) in [4.78, 5) is 12.5. The molecule has 0 atom stereocenters. The summed E-state index contributed by atoms with van der Waals surface area (Å²) in [6.45, 7) is 3.64. The molecule has 0 saturated heterocycles. The van der Waals surface area contributed by atoms with Crippen molar-refractivity contribution in [3.63, 3.8) is 0 Å². The van der Waals surface area contributed by atoms with E-state index in [1.54, 1.807) is 54.6 Å². The van der Waals surface area contributed by atoms with Crippen molar-refractivity contribution in [1.29, 1.82) is 0 Å². The average Bonchev–Trinajstić information content (AvgIpc) is 2.74. The Bertz CT molecular complexity index is 1240. The number of anilines is 1. The van der Waals surface area contributed by atoms with Gasteiger partial charge in [-0.2, -0.15) is 0 Å². The van der Waals surface area contributed by atoms with Crippen molar-refractivity contribution in [1.82, 2.24) is 0 Å². The Labute approximate surface area is 197 Å². The molecule has 0 aliphatic carbocycles. The molecular weight excluding hydrogens is 466 g/mol. The molecule has 0 radical (unpaired) electrons. The van der Waals surface area contributed by atoms with Crippen molar-refractivity contribution in [2.75, 3.05) is 4.31 Å². The average molecular weight is 488 g/mol. The van der Waals surface area contributed by atoms with E-state index >= 15 is 0 Å². The zero-order valence-corrected chi connectivity index (χ0v) is 19.9. The summed E-state index contributed by atoms with van der Waals surface area (Å²) < 4.78 is 28.4. The molecule has 0 heterocycles. The summed E-state index contributed by atoms with van der Waals surface area (Å²) in [7, 11) is -3.81. The van der Waals surface area contributed by atoms with Crippen molar-refractivity contribution >= 4 is 51.1 Å². The van der Waals surface area contributed by atoms with Crippen LogP contribution in [0.3, 0.4) is 0 Å². The minimum atomic E-state index is -3.81. The molecule has 0 saturated carbocycles. The molecule has 0 aliphatic rings. The standard InChI is InChI=1S/C24H22ClNO4S2/c1-17(2)26(32(29,30)21-9-4-3-5-10-21)22-13-12-19(25)16-23(22)31-20-8-6-7-18(15-20)11-14-24(27)28/h3-17H,1-2H3,(H,27,28)/b14-11+. The summed E-state index contributed by atoms with van der Waals surface area (Å²) >= 11 is 7.62. The topological polar surface area (TPSA) is 74.7 Å². The van der Waals surface area contributed by atoms with E-state index in [9.17, 15) is 13.2 Å². The lowest BCUT2D eigenvalue weighted by atomic mass is 10.2. The molecular formula is C24H22ClNO4S2. The Hall–Kier alpha value is -2.74. The van der Waals surface area contributed by atoms with Crippen LogP contribution in [-0.2, 0) is 14.8 Å². The molecule has 8 heteroatoms. The van der Waals surface area contributed by atoms with Crippen LogP contribution >= 0.6 is 23.4 Å². The predicted molar refractivity (Wildman–Crippen MR) is 130 cm³/mol. The van der Waals surface area contributed by atoms with Crippen molar-refractivity contribution in [3.8, 4) is 0 Å². The maximum atomic E-state index is 13.5. The van der Waals surface area contributed by atoms with Crippen LogP contribution in [0, 0.1) is 0 Å². The second-order valence-corrected chi connectivity index (χ2v) is 10.5. The van der Waals surface area contributed by atoms with Gasteiger partial charge in [-0.3, -0.25) is 4.31 Å². The van der Waals surface area contributed by atoms with Crippen LogP contribution in [-0.4, -0.2) is 25.5 Å². The van der Waals surface area contributed by atoms with Crippen LogP contribution in [0.25, 0.3) is 6.08 Å². The third-order valence-corrected chi connectivity index (χ3v) is 7.71. The second-order valence-electron chi connectivity index (χ2n) is 7.17. The number of hydrogen-bond acceptors (Lipinski definition) is 4. The fourth-order valence-corrected chi connectivity index (χ4v) is 6.17. The minimum Gasteiger partial charge on any atom is -0.478 e. The smallest absolute Gasteiger partial charge is 0.328 e. The first-order valence-corrected chi connectivity index (χ1v) is 12.4. The summed E-state index contributed by atoms with van der Waals surface area (Å²) in [5.74, 6) is -1.03. The first-order valence-electron chi connectivity index (χ1n) is 9.76. The van der Waals surface area contributed by atoms with Gasteiger partial charge in [-0.1, -0.05) is 53.7 Å². The second kappa shape index (κ2) is 10.3. The molecule has 3 aromatic carbocycles. The van der Waals surface area contributed by atoms with Crippen LogP contribution in [0.5, 0.6) is 0 Å². The number of carboxylic acids is 1. The molecule has 0 unspecified atom stereocenters. The van der Waals surface area contributed by atoms with Crippen molar-refractivity contribution in [3.05, 3.63) is 89.5 Å². The van der Waals surface area contributed by atoms with E-state index in [0.29, 0.717) is 15.6 Å².